The van der Waals surface area contributed by atoms with Crippen LogP contribution < -0.4 is 10.6 Å². The predicted octanol–water partition coefficient (Wildman–Crippen LogP) is 4.26. The summed E-state index contributed by atoms with van der Waals surface area (Å²) < 4.78 is 1.99. The van der Waals surface area contributed by atoms with Crippen LogP contribution >= 0.6 is 0 Å². The molecule has 1 amide bonds. The van der Waals surface area contributed by atoms with Gasteiger partial charge in [0.2, 0.25) is 5.95 Å². The summed E-state index contributed by atoms with van der Waals surface area (Å²) in [4.78, 5) is 21.5. The zero-order valence-corrected chi connectivity index (χ0v) is 17.4. The lowest BCUT2D eigenvalue weighted by molar-refractivity contribution is 0.0946. The highest BCUT2D eigenvalue weighted by Crippen LogP contribution is 2.44. The number of aromatic nitrogens is 4. The maximum absolute atomic E-state index is 12.4. The van der Waals surface area contributed by atoms with Crippen molar-refractivity contribution in [3.63, 3.8) is 0 Å². The Balaban J connectivity index is 1.30. The normalized spacial score (nSPS) is 16.9. The zero-order valence-electron chi connectivity index (χ0n) is 17.4. The second kappa shape index (κ2) is 7.23. The number of anilines is 2. The van der Waals surface area contributed by atoms with E-state index in [4.69, 9.17) is 4.98 Å². The van der Waals surface area contributed by atoms with E-state index in [2.05, 4.69) is 27.6 Å². The molecule has 0 radical (unpaired) electrons. The van der Waals surface area contributed by atoms with Crippen molar-refractivity contribution in [2.24, 2.45) is 5.41 Å². The minimum absolute atomic E-state index is 0.0240. The van der Waals surface area contributed by atoms with Gasteiger partial charge in [-0.05, 0) is 55.7 Å². The average Bonchev–Trinajstić information content (AvgIpc) is 3.68. The molecule has 2 heterocycles. The molecule has 3 aromatic rings. The van der Waals surface area contributed by atoms with Gasteiger partial charge in [-0.2, -0.15) is 5.10 Å². The largest absolute Gasteiger partial charge is 0.351 e. The van der Waals surface area contributed by atoms with E-state index in [1.165, 1.54) is 25.7 Å². The number of nitrogens with one attached hydrogen (secondary N) is 2. The molecule has 2 N–H and O–H groups in total. The number of aryl methyl sites for hydroxylation is 1. The first kappa shape index (κ1) is 18.8. The summed E-state index contributed by atoms with van der Waals surface area (Å²) in [6.45, 7) is 4.93. The Kier molecular flexibility index (Phi) is 4.53. The standard InChI is InChI=1S/C23H26N6O/c1-15-11-24-22(27-18-12-26-29(13-18)19-7-8-19)28-20(15)16-3-5-17(6-4-16)21(30)25-14-23(2)9-10-23/h3-6,11-13,19H,7-10,14H2,1-2H3,(H,25,30)(H,24,27,28). The van der Waals surface area contributed by atoms with Crippen molar-refractivity contribution in [2.75, 3.05) is 11.9 Å². The third-order valence-corrected chi connectivity index (χ3v) is 5.95. The van der Waals surface area contributed by atoms with E-state index in [-0.39, 0.29) is 5.91 Å². The van der Waals surface area contributed by atoms with Gasteiger partial charge < -0.3 is 10.6 Å². The highest BCUT2D eigenvalue weighted by atomic mass is 16.1. The highest BCUT2D eigenvalue weighted by molar-refractivity contribution is 5.94. The third kappa shape index (κ3) is 4.06. The number of carbonyl (C=O) groups excluding carboxylic acids is 1. The molecule has 7 heteroatoms. The van der Waals surface area contributed by atoms with Crippen molar-refractivity contribution in [2.45, 2.75) is 45.6 Å². The fourth-order valence-corrected chi connectivity index (χ4v) is 3.43. The van der Waals surface area contributed by atoms with Gasteiger partial charge in [0, 0.05) is 30.1 Å². The van der Waals surface area contributed by atoms with E-state index in [9.17, 15) is 4.79 Å². The molecule has 2 saturated carbocycles. The molecule has 0 saturated heterocycles. The number of benzene rings is 1. The van der Waals surface area contributed by atoms with Crippen LogP contribution in [0.1, 0.15) is 54.6 Å². The number of amides is 1. The molecule has 0 bridgehead atoms. The van der Waals surface area contributed by atoms with Gasteiger partial charge in [-0.25, -0.2) is 9.97 Å². The molecule has 2 aliphatic rings. The Labute approximate surface area is 175 Å². The molecule has 0 atom stereocenters. The van der Waals surface area contributed by atoms with Gasteiger partial charge in [0.25, 0.3) is 5.91 Å². The summed E-state index contributed by atoms with van der Waals surface area (Å²) >= 11 is 0. The molecule has 2 aliphatic carbocycles. The van der Waals surface area contributed by atoms with Crippen molar-refractivity contribution in [1.29, 1.82) is 0 Å². The Bertz CT molecular complexity index is 1080. The average molecular weight is 403 g/mol. The van der Waals surface area contributed by atoms with Gasteiger partial charge >= 0.3 is 0 Å². The smallest absolute Gasteiger partial charge is 0.251 e. The van der Waals surface area contributed by atoms with Gasteiger partial charge in [-0.15, -0.1) is 0 Å². The second-order valence-electron chi connectivity index (χ2n) is 8.86. The number of rotatable bonds is 7. The zero-order chi connectivity index (χ0) is 20.7. The molecular formula is C23H26N6O. The van der Waals surface area contributed by atoms with E-state index in [1.54, 1.807) is 6.20 Å². The van der Waals surface area contributed by atoms with E-state index in [0.717, 1.165) is 29.1 Å². The Morgan fingerprint density at radius 2 is 1.97 bits per heavy atom. The van der Waals surface area contributed by atoms with Crippen LogP contribution in [-0.4, -0.2) is 32.2 Å². The first-order valence-electron chi connectivity index (χ1n) is 10.5. The molecule has 0 aliphatic heterocycles. The summed E-state index contributed by atoms with van der Waals surface area (Å²) in [5, 5.41) is 10.7. The molecule has 1 aromatic carbocycles. The lowest BCUT2D eigenvalue weighted by Gasteiger charge is -2.11. The molecule has 5 rings (SSSR count). The Morgan fingerprint density at radius 1 is 1.20 bits per heavy atom. The first-order chi connectivity index (χ1) is 14.5. The van der Waals surface area contributed by atoms with Crippen LogP contribution in [0.4, 0.5) is 11.6 Å². The number of nitrogens with zero attached hydrogens (tertiary/aromatic N) is 4. The minimum Gasteiger partial charge on any atom is -0.351 e. The second-order valence-corrected chi connectivity index (χ2v) is 8.86. The van der Waals surface area contributed by atoms with Crippen molar-refractivity contribution < 1.29 is 4.79 Å². The molecule has 154 valence electrons. The van der Waals surface area contributed by atoms with Crippen LogP contribution in [-0.2, 0) is 0 Å². The van der Waals surface area contributed by atoms with E-state index < -0.39 is 0 Å². The molecule has 2 fully saturated rings. The SMILES string of the molecule is Cc1cnc(Nc2cnn(C3CC3)c2)nc1-c1ccc(C(=O)NCC2(C)CC2)cc1. The van der Waals surface area contributed by atoms with Crippen molar-refractivity contribution in [3.8, 4) is 11.3 Å². The lowest BCUT2D eigenvalue weighted by atomic mass is 10.1. The van der Waals surface area contributed by atoms with Crippen LogP contribution in [0.3, 0.4) is 0 Å². The summed E-state index contributed by atoms with van der Waals surface area (Å²) in [6.07, 6.45) is 10.4. The van der Waals surface area contributed by atoms with Crippen LogP contribution in [0, 0.1) is 12.3 Å². The van der Waals surface area contributed by atoms with Crippen LogP contribution in [0.2, 0.25) is 0 Å². The first-order valence-corrected chi connectivity index (χ1v) is 10.5. The summed E-state index contributed by atoms with van der Waals surface area (Å²) in [6, 6.07) is 8.14. The van der Waals surface area contributed by atoms with Crippen molar-refractivity contribution >= 4 is 17.5 Å². The molecule has 0 spiro atoms. The maximum Gasteiger partial charge on any atom is 0.251 e. The summed E-state index contributed by atoms with van der Waals surface area (Å²) in [7, 11) is 0. The minimum atomic E-state index is -0.0240. The Morgan fingerprint density at radius 3 is 2.67 bits per heavy atom. The number of carbonyl (C=O) groups is 1. The van der Waals surface area contributed by atoms with Crippen LogP contribution in [0.25, 0.3) is 11.3 Å². The fourth-order valence-electron chi connectivity index (χ4n) is 3.43. The molecule has 0 unspecified atom stereocenters. The molecule has 7 nitrogen and oxygen atoms in total. The van der Waals surface area contributed by atoms with Crippen LogP contribution in [0.5, 0.6) is 0 Å². The fraction of sp³-hybridized carbons (Fsp3) is 0.391. The molecular weight excluding hydrogens is 376 g/mol. The van der Waals surface area contributed by atoms with Gasteiger partial charge in [0.15, 0.2) is 0 Å². The quantitative estimate of drug-likeness (QED) is 0.617. The highest BCUT2D eigenvalue weighted by Gasteiger charge is 2.37. The predicted molar refractivity (Wildman–Crippen MR) is 116 cm³/mol. The number of hydrogen-bond donors (Lipinski definition) is 2. The van der Waals surface area contributed by atoms with E-state index in [0.29, 0.717) is 23.0 Å². The third-order valence-electron chi connectivity index (χ3n) is 5.95. The van der Waals surface area contributed by atoms with Gasteiger partial charge in [-0.1, -0.05) is 19.1 Å². The summed E-state index contributed by atoms with van der Waals surface area (Å²) in [5.74, 6) is 0.509. The molecule has 2 aromatic heterocycles. The monoisotopic (exact) mass is 402 g/mol. The lowest BCUT2D eigenvalue weighted by Crippen LogP contribution is -2.28. The van der Waals surface area contributed by atoms with Crippen LogP contribution in [0.15, 0.2) is 42.9 Å². The van der Waals surface area contributed by atoms with Crippen molar-refractivity contribution in [1.82, 2.24) is 25.1 Å². The molecule has 30 heavy (non-hydrogen) atoms. The summed E-state index contributed by atoms with van der Waals surface area (Å²) in [5.41, 5.74) is 4.63. The van der Waals surface area contributed by atoms with Gasteiger partial charge in [-0.3, -0.25) is 9.48 Å². The number of hydrogen-bond acceptors (Lipinski definition) is 5. The Hall–Kier alpha value is -3.22. The van der Waals surface area contributed by atoms with Gasteiger partial charge in [0.1, 0.15) is 0 Å². The van der Waals surface area contributed by atoms with Gasteiger partial charge in [0.05, 0.1) is 23.6 Å². The maximum atomic E-state index is 12.4. The van der Waals surface area contributed by atoms with Crippen molar-refractivity contribution in [3.05, 3.63) is 54.0 Å². The van der Waals surface area contributed by atoms with E-state index in [1.807, 2.05) is 48.3 Å². The van der Waals surface area contributed by atoms with E-state index >= 15 is 0 Å². The topological polar surface area (TPSA) is 84.7 Å².